The van der Waals surface area contributed by atoms with E-state index in [9.17, 15) is 8.42 Å². The molecule has 0 unspecified atom stereocenters. The van der Waals surface area contributed by atoms with Gasteiger partial charge in [-0.1, -0.05) is 23.8 Å². The van der Waals surface area contributed by atoms with E-state index in [1.807, 2.05) is 51.1 Å². The lowest BCUT2D eigenvalue weighted by Crippen LogP contribution is -2.25. The molecule has 1 N–H and O–H groups in total. The lowest BCUT2D eigenvalue weighted by molar-refractivity contribution is 0.580. The summed E-state index contributed by atoms with van der Waals surface area (Å²) in [6.45, 7) is 5.81. The van der Waals surface area contributed by atoms with E-state index >= 15 is 0 Å². The zero-order valence-corrected chi connectivity index (χ0v) is 14.7. The average Bonchev–Trinajstić information content (AvgIpc) is 2.51. The minimum atomic E-state index is -3.58. The second-order valence-electron chi connectivity index (χ2n) is 5.93. The van der Waals surface area contributed by atoms with Crippen LogP contribution in [-0.2, 0) is 16.6 Å². The molecule has 24 heavy (non-hydrogen) atoms. The SMILES string of the molecule is Cc1cc(C)c(S(=O)(=O)NCc2ccc3nccnc3c2)c(C)c1. The molecule has 0 saturated carbocycles. The van der Waals surface area contributed by atoms with E-state index < -0.39 is 10.0 Å². The Bertz CT molecular complexity index is 991. The lowest BCUT2D eigenvalue weighted by Gasteiger charge is -2.13. The number of aryl methyl sites for hydroxylation is 3. The van der Waals surface area contributed by atoms with Crippen LogP contribution in [0.1, 0.15) is 22.3 Å². The Morgan fingerprint density at radius 1 is 0.917 bits per heavy atom. The first kappa shape index (κ1) is 16.5. The van der Waals surface area contributed by atoms with E-state index in [4.69, 9.17) is 0 Å². The molecule has 124 valence electrons. The molecule has 3 aromatic rings. The standard InChI is InChI=1S/C18H19N3O2S/c1-12-8-13(2)18(14(3)9-12)24(22,23)21-11-15-4-5-16-17(10-15)20-7-6-19-16/h4-10,21H,11H2,1-3H3. The number of sulfonamides is 1. The highest BCUT2D eigenvalue weighted by Crippen LogP contribution is 2.22. The zero-order chi connectivity index (χ0) is 17.3. The van der Waals surface area contributed by atoms with Gasteiger partial charge < -0.3 is 0 Å². The minimum Gasteiger partial charge on any atom is -0.253 e. The first-order valence-electron chi connectivity index (χ1n) is 7.64. The van der Waals surface area contributed by atoms with Crippen molar-refractivity contribution in [3.63, 3.8) is 0 Å². The van der Waals surface area contributed by atoms with E-state index in [0.717, 1.165) is 33.3 Å². The highest BCUT2D eigenvalue weighted by atomic mass is 32.2. The molecule has 0 saturated heterocycles. The Balaban J connectivity index is 1.87. The quantitative estimate of drug-likeness (QED) is 0.792. The Morgan fingerprint density at radius 2 is 1.54 bits per heavy atom. The molecular weight excluding hydrogens is 322 g/mol. The van der Waals surface area contributed by atoms with E-state index in [1.165, 1.54) is 0 Å². The number of fused-ring (bicyclic) bond motifs is 1. The summed E-state index contributed by atoms with van der Waals surface area (Å²) >= 11 is 0. The summed E-state index contributed by atoms with van der Waals surface area (Å²) in [5.74, 6) is 0. The van der Waals surface area contributed by atoms with Gasteiger partial charge in [0.15, 0.2) is 0 Å². The number of nitrogens with zero attached hydrogens (tertiary/aromatic N) is 2. The maximum Gasteiger partial charge on any atom is 0.241 e. The summed E-state index contributed by atoms with van der Waals surface area (Å²) in [6.07, 6.45) is 3.25. The summed E-state index contributed by atoms with van der Waals surface area (Å²) in [6, 6.07) is 9.31. The van der Waals surface area contributed by atoms with Crippen LogP contribution in [0.3, 0.4) is 0 Å². The molecule has 6 heteroatoms. The third-order valence-corrected chi connectivity index (χ3v) is 5.58. The van der Waals surface area contributed by atoms with Crippen LogP contribution in [0.15, 0.2) is 47.6 Å². The first-order valence-corrected chi connectivity index (χ1v) is 9.12. The Labute approximate surface area is 141 Å². The van der Waals surface area contributed by atoms with Gasteiger partial charge in [-0.25, -0.2) is 13.1 Å². The molecule has 2 aromatic carbocycles. The highest BCUT2D eigenvalue weighted by molar-refractivity contribution is 7.89. The van der Waals surface area contributed by atoms with Gasteiger partial charge >= 0.3 is 0 Å². The topological polar surface area (TPSA) is 72.0 Å². The number of hydrogen-bond donors (Lipinski definition) is 1. The predicted octanol–water partition coefficient (Wildman–Crippen LogP) is 3.03. The third-order valence-electron chi connectivity index (χ3n) is 3.87. The molecule has 0 bridgehead atoms. The van der Waals surface area contributed by atoms with Gasteiger partial charge in [-0.05, 0) is 49.6 Å². The third kappa shape index (κ3) is 3.29. The van der Waals surface area contributed by atoms with Crippen molar-refractivity contribution in [2.75, 3.05) is 0 Å². The fourth-order valence-electron chi connectivity index (χ4n) is 2.96. The van der Waals surface area contributed by atoms with Gasteiger partial charge in [0.25, 0.3) is 0 Å². The van der Waals surface area contributed by atoms with Crippen molar-refractivity contribution in [2.45, 2.75) is 32.2 Å². The molecule has 0 spiro atoms. The molecule has 5 nitrogen and oxygen atoms in total. The molecule has 0 aliphatic heterocycles. The van der Waals surface area contributed by atoms with Crippen LogP contribution < -0.4 is 4.72 Å². The van der Waals surface area contributed by atoms with Gasteiger partial charge in [-0.2, -0.15) is 0 Å². The Kier molecular flexibility index (Phi) is 4.34. The van der Waals surface area contributed by atoms with Crippen LogP contribution in [0.4, 0.5) is 0 Å². The van der Waals surface area contributed by atoms with Crippen molar-refractivity contribution in [2.24, 2.45) is 0 Å². The number of benzene rings is 2. The maximum atomic E-state index is 12.7. The van der Waals surface area contributed by atoms with Crippen LogP contribution in [-0.4, -0.2) is 18.4 Å². The second-order valence-corrected chi connectivity index (χ2v) is 7.64. The summed E-state index contributed by atoms with van der Waals surface area (Å²) in [7, 11) is -3.58. The fraction of sp³-hybridized carbons (Fsp3) is 0.222. The first-order chi connectivity index (χ1) is 11.4. The van der Waals surface area contributed by atoms with Crippen molar-refractivity contribution in [1.29, 1.82) is 0 Å². The van der Waals surface area contributed by atoms with E-state index in [1.54, 1.807) is 12.4 Å². The van der Waals surface area contributed by atoms with Gasteiger partial charge in [-0.3, -0.25) is 9.97 Å². The van der Waals surface area contributed by atoms with Crippen LogP contribution in [0.2, 0.25) is 0 Å². The lowest BCUT2D eigenvalue weighted by atomic mass is 10.1. The van der Waals surface area contributed by atoms with Crippen LogP contribution in [0, 0.1) is 20.8 Å². The molecule has 0 aliphatic carbocycles. The molecule has 0 atom stereocenters. The minimum absolute atomic E-state index is 0.210. The van der Waals surface area contributed by atoms with Crippen LogP contribution >= 0.6 is 0 Å². The van der Waals surface area contributed by atoms with E-state index in [0.29, 0.717) is 4.90 Å². The molecule has 0 radical (unpaired) electrons. The molecule has 1 heterocycles. The highest BCUT2D eigenvalue weighted by Gasteiger charge is 2.19. The average molecular weight is 341 g/mol. The van der Waals surface area contributed by atoms with E-state index in [-0.39, 0.29) is 6.54 Å². The molecule has 1 aromatic heterocycles. The van der Waals surface area contributed by atoms with Gasteiger partial charge in [0.05, 0.1) is 15.9 Å². The molecule has 0 fully saturated rings. The number of nitrogens with one attached hydrogen (secondary N) is 1. The summed E-state index contributed by atoms with van der Waals surface area (Å²) in [4.78, 5) is 8.81. The van der Waals surface area contributed by atoms with Crippen molar-refractivity contribution in [3.8, 4) is 0 Å². The van der Waals surface area contributed by atoms with Crippen LogP contribution in [0.25, 0.3) is 11.0 Å². The van der Waals surface area contributed by atoms with Gasteiger partial charge in [0.1, 0.15) is 0 Å². The summed E-state index contributed by atoms with van der Waals surface area (Å²) < 4.78 is 28.0. The summed E-state index contributed by atoms with van der Waals surface area (Å²) in [5.41, 5.74) is 4.94. The molecule has 3 rings (SSSR count). The Morgan fingerprint density at radius 3 is 2.21 bits per heavy atom. The Hall–Kier alpha value is -2.31. The van der Waals surface area contributed by atoms with Gasteiger partial charge in [0, 0.05) is 18.9 Å². The number of aromatic nitrogens is 2. The smallest absolute Gasteiger partial charge is 0.241 e. The molecule has 0 aliphatic rings. The monoisotopic (exact) mass is 341 g/mol. The second kappa shape index (κ2) is 6.30. The molecule has 0 amide bonds. The molecular formula is C18H19N3O2S. The van der Waals surface area contributed by atoms with Gasteiger partial charge in [-0.15, -0.1) is 0 Å². The number of rotatable bonds is 4. The van der Waals surface area contributed by atoms with Gasteiger partial charge in [0.2, 0.25) is 10.0 Å². The summed E-state index contributed by atoms with van der Waals surface area (Å²) in [5, 5.41) is 0. The van der Waals surface area contributed by atoms with Crippen molar-refractivity contribution in [3.05, 3.63) is 65.0 Å². The normalized spacial score (nSPS) is 11.8. The maximum absolute atomic E-state index is 12.7. The van der Waals surface area contributed by atoms with Crippen molar-refractivity contribution in [1.82, 2.24) is 14.7 Å². The fourth-order valence-corrected chi connectivity index (χ4v) is 4.43. The number of hydrogen-bond acceptors (Lipinski definition) is 4. The largest absolute Gasteiger partial charge is 0.253 e. The van der Waals surface area contributed by atoms with Crippen LogP contribution in [0.5, 0.6) is 0 Å². The predicted molar refractivity (Wildman–Crippen MR) is 94.2 cm³/mol. The van der Waals surface area contributed by atoms with Crippen molar-refractivity contribution < 1.29 is 8.42 Å². The van der Waals surface area contributed by atoms with Crippen molar-refractivity contribution >= 4 is 21.1 Å². The zero-order valence-electron chi connectivity index (χ0n) is 13.9. The van der Waals surface area contributed by atoms with E-state index in [2.05, 4.69) is 14.7 Å².